The van der Waals surface area contributed by atoms with Gasteiger partial charge in [-0.05, 0) is 13.3 Å². The third-order valence-electron chi connectivity index (χ3n) is 2.67. The maximum Gasteiger partial charge on any atom is 0.145 e. The summed E-state index contributed by atoms with van der Waals surface area (Å²) >= 11 is 0. The Bertz CT molecular complexity index is 503. The van der Waals surface area contributed by atoms with E-state index in [2.05, 4.69) is 27.2 Å². The molecule has 0 aliphatic heterocycles. The summed E-state index contributed by atoms with van der Waals surface area (Å²) in [6.07, 6.45) is 6.38. The molecule has 0 aliphatic carbocycles. The fourth-order valence-corrected chi connectivity index (χ4v) is 1.57. The van der Waals surface area contributed by atoms with E-state index in [1.54, 1.807) is 12.4 Å². The maximum atomic E-state index is 4.52. The molecule has 17 heavy (non-hydrogen) atoms. The predicted octanol–water partition coefficient (Wildman–Crippen LogP) is 2.01. The number of rotatable bonds is 4. The number of nitrogens with one attached hydrogen (secondary N) is 1. The number of anilines is 1. The molecule has 2 heterocycles. The average molecular weight is 231 g/mol. The van der Waals surface area contributed by atoms with Gasteiger partial charge < -0.3 is 9.88 Å². The van der Waals surface area contributed by atoms with Crippen molar-refractivity contribution in [1.82, 2.24) is 19.5 Å². The van der Waals surface area contributed by atoms with Crippen LogP contribution in [-0.2, 0) is 7.05 Å². The molecular formula is C12H17N5. The maximum absolute atomic E-state index is 4.52. The van der Waals surface area contributed by atoms with Crippen molar-refractivity contribution in [2.75, 3.05) is 11.9 Å². The van der Waals surface area contributed by atoms with E-state index >= 15 is 0 Å². The summed E-state index contributed by atoms with van der Waals surface area (Å²) in [5, 5.41) is 3.23. The molecule has 0 aromatic carbocycles. The number of aromatic nitrogens is 4. The molecule has 0 unspecified atom stereocenters. The average Bonchev–Trinajstić information content (AvgIpc) is 2.68. The van der Waals surface area contributed by atoms with Crippen molar-refractivity contribution in [2.24, 2.45) is 7.05 Å². The Morgan fingerprint density at radius 2 is 2.12 bits per heavy atom. The van der Waals surface area contributed by atoms with Gasteiger partial charge in [-0.2, -0.15) is 0 Å². The van der Waals surface area contributed by atoms with E-state index < -0.39 is 0 Å². The highest BCUT2D eigenvalue weighted by molar-refractivity contribution is 5.55. The Kier molecular flexibility index (Phi) is 3.37. The van der Waals surface area contributed by atoms with Gasteiger partial charge in [0.2, 0.25) is 0 Å². The van der Waals surface area contributed by atoms with E-state index in [1.807, 2.05) is 24.7 Å². The fourth-order valence-electron chi connectivity index (χ4n) is 1.57. The van der Waals surface area contributed by atoms with E-state index in [4.69, 9.17) is 0 Å². The lowest BCUT2D eigenvalue weighted by atomic mass is 10.3. The van der Waals surface area contributed by atoms with Crippen molar-refractivity contribution < 1.29 is 0 Å². The zero-order chi connectivity index (χ0) is 12.3. The second-order valence-corrected chi connectivity index (χ2v) is 3.97. The molecule has 0 aliphatic rings. The smallest absolute Gasteiger partial charge is 0.145 e. The van der Waals surface area contributed by atoms with Gasteiger partial charge in [-0.25, -0.2) is 9.97 Å². The van der Waals surface area contributed by atoms with Crippen LogP contribution in [0.3, 0.4) is 0 Å². The van der Waals surface area contributed by atoms with E-state index in [0.29, 0.717) is 0 Å². The number of nitrogens with zero attached hydrogens (tertiary/aromatic N) is 4. The van der Waals surface area contributed by atoms with Crippen molar-refractivity contribution in [3.8, 4) is 11.4 Å². The summed E-state index contributed by atoms with van der Waals surface area (Å²) < 4.78 is 2.01. The van der Waals surface area contributed by atoms with Crippen LogP contribution in [0.25, 0.3) is 11.4 Å². The molecule has 0 saturated carbocycles. The second kappa shape index (κ2) is 4.95. The minimum atomic E-state index is 0.809. The van der Waals surface area contributed by atoms with Crippen LogP contribution in [0.4, 0.5) is 5.82 Å². The molecule has 1 N–H and O–H groups in total. The monoisotopic (exact) mass is 231 g/mol. The zero-order valence-electron chi connectivity index (χ0n) is 10.4. The van der Waals surface area contributed by atoms with Crippen LogP contribution < -0.4 is 5.32 Å². The molecule has 0 amide bonds. The van der Waals surface area contributed by atoms with Crippen LogP contribution in [-0.4, -0.2) is 26.1 Å². The minimum Gasteiger partial charge on any atom is -0.369 e. The van der Waals surface area contributed by atoms with Gasteiger partial charge in [-0.1, -0.05) is 6.92 Å². The molecule has 2 rings (SSSR count). The van der Waals surface area contributed by atoms with Crippen LogP contribution in [0.2, 0.25) is 0 Å². The standard InChI is InChI=1S/C12H17N5/c1-4-5-14-12-8-13-6-10(16-12)11-7-15-9(2)17(11)3/h6-8H,4-5H2,1-3H3,(H,14,16). The van der Waals surface area contributed by atoms with Gasteiger partial charge in [0.1, 0.15) is 17.3 Å². The summed E-state index contributed by atoms with van der Waals surface area (Å²) in [6.45, 7) is 4.99. The summed E-state index contributed by atoms with van der Waals surface area (Å²) in [5.74, 6) is 1.77. The third kappa shape index (κ3) is 2.43. The quantitative estimate of drug-likeness (QED) is 0.874. The number of hydrogen-bond donors (Lipinski definition) is 1. The molecule has 0 bridgehead atoms. The van der Waals surface area contributed by atoms with Gasteiger partial charge in [-0.3, -0.25) is 4.98 Å². The molecule has 2 aromatic heterocycles. The first-order valence-electron chi connectivity index (χ1n) is 5.77. The van der Waals surface area contributed by atoms with Crippen LogP contribution in [0.1, 0.15) is 19.2 Å². The summed E-state index contributed by atoms with van der Waals surface area (Å²) in [6, 6.07) is 0. The molecule has 90 valence electrons. The van der Waals surface area contributed by atoms with Crippen molar-refractivity contribution in [3.05, 3.63) is 24.4 Å². The van der Waals surface area contributed by atoms with Gasteiger partial charge in [-0.15, -0.1) is 0 Å². The molecular weight excluding hydrogens is 214 g/mol. The molecule has 5 heteroatoms. The first kappa shape index (κ1) is 11.6. The predicted molar refractivity (Wildman–Crippen MR) is 67.8 cm³/mol. The first-order valence-corrected chi connectivity index (χ1v) is 5.77. The van der Waals surface area contributed by atoms with E-state index in [-0.39, 0.29) is 0 Å². The van der Waals surface area contributed by atoms with Crippen molar-refractivity contribution in [3.63, 3.8) is 0 Å². The highest BCUT2D eigenvalue weighted by atomic mass is 15.1. The molecule has 0 radical (unpaired) electrons. The largest absolute Gasteiger partial charge is 0.369 e. The number of hydrogen-bond acceptors (Lipinski definition) is 4. The highest BCUT2D eigenvalue weighted by Crippen LogP contribution is 2.17. The Morgan fingerprint density at radius 1 is 1.29 bits per heavy atom. The third-order valence-corrected chi connectivity index (χ3v) is 2.67. The van der Waals surface area contributed by atoms with Crippen molar-refractivity contribution in [1.29, 1.82) is 0 Å². The lowest BCUT2D eigenvalue weighted by molar-refractivity contribution is 0.860. The van der Waals surface area contributed by atoms with Crippen LogP contribution in [0.15, 0.2) is 18.6 Å². The van der Waals surface area contributed by atoms with Gasteiger partial charge >= 0.3 is 0 Å². The number of aryl methyl sites for hydroxylation is 1. The molecule has 2 aromatic rings. The van der Waals surface area contributed by atoms with Gasteiger partial charge in [0.25, 0.3) is 0 Å². The normalized spacial score (nSPS) is 10.5. The van der Waals surface area contributed by atoms with Crippen molar-refractivity contribution in [2.45, 2.75) is 20.3 Å². The Hall–Kier alpha value is -1.91. The topological polar surface area (TPSA) is 55.6 Å². The summed E-state index contributed by atoms with van der Waals surface area (Å²) in [7, 11) is 1.98. The van der Waals surface area contributed by atoms with Gasteiger partial charge in [0.15, 0.2) is 0 Å². The first-order chi connectivity index (χ1) is 8.22. The van der Waals surface area contributed by atoms with Crippen molar-refractivity contribution >= 4 is 5.82 Å². The molecule has 0 saturated heterocycles. The van der Waals surface area contributed by atoms with E-state index in [0.717, 1.165) is 36.0 Å². The molecule has 5 nitrogen and oxygen atoms in total. The fraction of sp³-hybridized carbons (Fsp3) is 0.417. The minimum absolute atomic E-state index is 0.809. The van der Waals surface area contributed by atoms with E-state index in [9.17, 15) is 0 Å². The molecule has 0 atom stereocenters. The van der Waals surface area contributed by atoms with Crippen LogP contribution >= 0.6 is 0 Å². The summed E-state index contributed by atoms with van der Waals surface area (Å²) in [5.41, 5.74) is 1.82. The van der Waals surface area contributed by atoms with Gasteiger partial charge in [0.05, 0.1) is 24.3 Å². The lowest BCUT2D eigenvalue weighted by Gasteiger charge is -2.06. The molecule has 0 fully saturated rings. The van der Waals surface area contributed by atoms with Gasteiger partial charge in [0, 0.05) is 13.6 Å². The SMILES string of the molecule is CCCNc1cncc(-c2cnc(C)n2C)n1. The van der Waals surface area contributed by atoms with E-state index in [1.165, 1.54) is 0 Å². The molecule has 0 spiro atoms. The Morgan fingerprint density at radius 3 is 2.76 bits per heavy atom. The lowest BCUT2D eigenvalue weighted by Crippen LogP contribution is -2.04. The van der Waals surface area contributed by atoms with Crippen LogP contribution in [0.5, 0.6) is 0 Å². The Labute approximate surface area is 101 Å². The van der Waals surface area contributed by atoms with Crippen LogP contribution in [0, 0.1) is 6.92 Å². The Balaban J connectivity index is 2.30. The number of imidazole rings is 1. The highest BCUT2D eigenvalue weighted by Gasteiger charge is 2.07. The summed E-state index contributed by atoms with van der Waals surface area (Å²) in [4.78, 5) is 13.0. The zero-order valence-corrected chi connectivity index (χ0v) is 10.4. The second-order valence-electron chi connectivity index (χ2n) is 3.97.